The van der Waals surface area contributed by atoms with Gasteiger partial charge >= 0.3 is 12.2 Å². The number of urea groups is 1. The van der Waals surface area contributed by atoms with Gasteiger partial charge < -0.3 is 20.1 Å². The van der Waals surface area contributed by atoms with Crippen LogP contribution in [0.2, 0.25) is 0 Å². The maximum absolute atomic E-state index is 12.2. The van der Waals surface area contributed by atoms with E-state index in [1.165, 1.54) is 12.1 Å². The van der Waals surface area contributed by atoms with Gasteiger partial charge in [0.2, 0.25) is 0 Å². The molecule has 134 valence electrons. The van der Waals surface area contributed by atoms with Crippen LogP contribution in [-0.2, 0) is 6.54 Å². The number of nitrogens with zero attached hydrogens (tertiary/aromatic N) is 1. The Balaban J connectivity index is 1.85. The number of ether oxygens (including phenoxy) is 1. The first-order chi connectivity index (χ1) is 11.2. The number of aliphatic hydroxyl groups excluding tert-OH is 1. The minimum absolute atomic E-state index is 0.0916. The highest BCUT2D eigenvalue weighted by atomic mass is 19.4. The molecule has 0 bridgehead atoms. The zero-order valence-corrected chi connectivity index (χ0v) is 13.4. The summed E-state index contributed by atoms with van der Waals surface area (Å²) in [5.41, 5.74) is 0.201. The Labute approximate surface area is 138 Å². The summed E-state index contributed by atoms with van der Waals surface area (Å²) in [4.78, 5) is 13.8. The van der Waals surface area contributed by atoms with Crippen molar-refractivity contribution in [2.45, 2.75) is 38.0 Å². The van der Waals surface area contributed by atoms with E-state index in [0.29, 0.717) is 6.54 Å². The quantitative estimate of drug-likeness (QED) is 0.862. The van der Waals surface area contributed by atoms with Gasteiger partial charge in [-0.05, 0) is 37.5 Å². The Morgan fingerprint density at radius 2 is 2.04 bits per heavy atom. The van der Waals surface area contributed by atoms with Crippen molar-refractivity contribution in [3.05, 3.63) is 29.8 Å². The summed E-state index contributed by atoms with van der Waals surface area (Å²) in [6.45, 7) is 1.25. The number of hydrogen-bond acceptors (Lipinski definition) is 3. The van der Waals surface area contributed by atoms with Crippen molar-refractivity contribution in [3.63, 3.8) is 0 Å². The highest BCUT2D eigenvalue weighted by Crippen LogP contribution is 2.28. The topological polar surface area (TPSA) is 61.8 Å². The standard InChI is InChI=1S/C16H21F3N2O3/c1-15(10-22)7-2-8-21(15)14(23)20-9-12-3-5-13(6-4-12)24-11-16(17,18)19/h3-6,22H,2,7-11H2,1H3,(H,20,23)/t15-/m0/s1. The van der Waals surface area contributed by atoms with E-state index in [-0.39, 0.29) is 24.9 Å². The highest BCUT2D eigenvalue weighted by molar-refractivity contribution is 5.75. The Kier molecular flexibility index (Phi) is 5.58. The maximum Gasteiger partial charge on any atom is 0.422 e. The van der Waals surface area contributed by atoms with Gasteiger partial charge in [0.25, 0.3) is 0 Å². The molecule has 5 nitrogen and oxygen atoms in total. The molecule has 0 spiro atoms. The molecule has 1 fully saturated rings. The highest BCUT2D eigenvalue weighted by Gasteiger charge is 2.38. The lowest BCUT2D eigenvalue weighted by atomic mass is 10.0. The summed E-state index contributed by atoms with van der Waals surface area (Å²) in [6.07, 6.45) is -2.78. The van der Waals surface area contributed by atoms with E-state index in [2.05, 4.69) is 10.1 Å². The lowest BCUT2D eigenvalue weighted by Crippen LogP contribution is -2.51. The van der Waals surface area contributed by atoms with E-state index < -0.39 is 18.3 Å². The molecule has 2 N–H and O–H groups in total. The third-order valence-electron chi connectivity index (χ3n) is 4.10. The zero-order chi connectivity index (χ0) is 17.8. The summed E-state index contributed by atoms with van der Waals surface area (Å²) in [5.74, 6) is 0.120. The molecule has 0 saturated carbocycles. The molecule has 1 saturated heterocycles. The second kappa shape index (κ2) is 7.29. The number of likely N-dealkylation sites (tertiary alicyclic amines) is 1. The maximum atomic E-state index is 12.2. The van der Waals surface area contributed by atoms with Crippen molar-refractivity contribution in [2.75, 3.05) is 19.8 Å². The molecule has 0 aromatic heterocycles. The molecule has 1 aromatic carbocycles. The first-order valence-electron chi connectivity index (χ1n) is 7.68. The van der Waals surface area contributed by atoms with Gasteiger partial charge in [-0.15, -0.1) is 0 Å². The molecule has 1 aliphatic heterocycles. The van der Waals surface area contributed by atoms with Crippen molar-refractivity contribution < 1.29 is 27.8 Å². The van der Waals surface area contributed by atoms with Gasteiger partial charge in [0.1, 0.15) is 5.75 Å². The van der Waals surface area contributed by atoms with Crippen LogP contribution in [0.5, 0.6) is 5.75 Å². The first kappa shape index (κ1) is 18.4. The molecule has 2 rings (SSSR count). The predicted octanol–water partition coefficient (Wildman–Crippen LogP) is 2.68. The lowest BCUT2D eigenvalue weighted by molar-refractivity contribution is -0.153. The minimum Gasteiger partial charge on any atom is -0.484 e. The van der Waals surface area contributed by atoms with Crippen LogP contribution in [-0.4, -0.2) is 47.5 Å². The Morgan fingerprint density at radius 1 is 1.38 bits per heavy atom. The SMILES string of the molecule is C[C@@]1(CO)CCCN1C(=O)NCc1ccc(OCC(F)(F)F)cc1. The molecule has 0 unspecified atom stereocenters. The average Bonchev–Trinajstić information content (AvgIpc) is 2.93. The number of hydrogen-bond donors (Lipinski definition) is 2. The van der Waals surface area contributed by atoms with Gasteiger partial charge in [-0.25, -0.2) is 4.79 Å². The number of aliphatic hydroxyl groups is 1. The van der Waals surface area contributed by atoms with E-state index in [0.717, 1.165) is 18.4 Å². The number of halogens is 3. The molecule has 24 heavy (non-hydrogen) atoms. The average molecular weight is 346 g/mol. The van der Waals surface area contributed by atoms with Crippen LogP contribution >= 0.6 is 0 Å². The van der Waals surface area contributed by atoms with E-state index >= 15 is 0 Å². The first-order valence-corrected chi connectivity index (χ1v) is 7.68. The number of carbonyl (C=O) groups excluding carboxylic acids is 1. The molecule has 1 aliphatic rings. The predicted molar refractivity (Wildman–Crippen MR) is 81.7 cm³/mol. The zero-order valence-electron chi connectivity index (χ0n) is 13.4. The van der Waals surface area contributed by atoms with Crippen molar-refractivity contribution in [1.82, 2.24) is 10.2 Å². The molecule has 0 radical (unpaired) electrons. The summed E-state index contributed by atoms with van der Waals surface area (Å²) in [5, 5.41) is 12.2. The van der Waals surface area contributed by atoms with Crippen molar-refractivity contribution in [2.24, 2.45) is 0 Å². The smallest absolute Gasteiger partial charge is 0.422 e. The monoisotopic (exact) mass is 346 g/mol. The molecule has 2 amide bonds. The molecule has 1 aromatic rings. The van der Waals surface area contributed by atoms with Crippen LogP contribution < -0.4 is 10.1 Å². The summed E-state index contributed by atoms with van der Waals surface area (Å²) >= 11 is 0. The van der Waals surface area contributed by atoms with Gasteiger partial charge in [0.05, 0.1) is 12.1 Å². The summed E-state index contributed by atoms with van der Waals surface area (Å²) in [6, 6.07) is 5.80. The molecular weight excluding hydrogens is 325 g/mol. The van der Waals surface area contributed by atoms with Gasteiger partial charge in [0, 0.05) is 13.1 Å². The van der Waals surface area contributed by atoms with Crippen LogP contribution in [0.3, 0.4) is 0 Å². The van der Waals surface area contributed by atoms with Crippen LogP contribution in [0.4, 0.5) is 18.0 Å². The van der Waals surface area contributed by atoms with Gasteiger partial charge in [-0.3, -0.25) is 0 Å². The molecule has 0 aliphatic carbocycles. The third kappa shape index (κ3) is 4.77. The van der Waals surface area contributed by atoms with Crippen LogP contribution in [0.25, 0.3) is 0 Å². The molecule has 1 atom stereocenters. The fourth-order valence-corrected chi connectivity index (χ4v) is 2.68. The van der Waals surface area contributed by atoms with E-state index in [9.17, 15) is 23.1 Å². The summed E-state index contributed by atoms with van der Waals surface area (Å²) in [7, 11) is 0. The number of rotatable bonds is 5. The third-order valence-corrected chi connectivity index (χ3v) is 4.10. The lowest BCUT2D eigenvalue weighted by Gasteiger charge is -2.33. The Hall–Kier alpha value is -1.96. The number of benzene rings is 1. The van der Waals surface area contributed by atoms with Crippen LogP contribution in [0.15, 0.2) is 24.3 Å². The molecular formula is C16H21F3N2O3. The fraction of sp³-hybridized carbons (Fsp3) is 0.562. The van der Waals surface area contributed by atoms with Crippen molar-refractivity contribution in [3.8, 4) is 5.75 Å². The van der Waals surface area contributed by atoms with Crippen molar-refractivity contribution in [1.29, 1.82) is 0 Å². The second-order valence-corrected chi connectivity index (χ2v) is 6.12. The number of carbonyl (C=O) groups is 1. The summed E-state index contributed by atoms with van der Waals surface area (Å²) < 4.78 is 40.9. The van der Waals surface area contributed by atoms with Gasteiger partial charge in [-0.2, -0.15) is 13.2 Å². The Morgan fingerprint density at radius 3 is 2.62 bits per heavy atom. The molecule has 8 heteroatoms. The minimum atomic E-state index is -4.37. The van der Waals surface area contributed by atoms with E-state index in [4.69, 9.17) is 0 Å². The number of amides is 2. The Bertz CT molecular complexity index is 563. The largest absolute Gasteiger partial charge is 0.484 e. The second-order valence-electron chi connectivity index (χ2n) is 6.12. The normalized spacial score (nSPS) is 21.0. The van der Waals surface area contributed by atoms with Crippen LogP contribution in [0, 0.1) is 0 Å². The fourth-order valence-electron chi connectivity index (χ4n) is 2.68. The van der Waals surface area contributed by atoms with Gasteiger partial charge in [0.15, 0.2) is 6.61 Å². The van der Waals surface area contributed by atoms with E-state index in [1.807, 2.05) is 6.92 Å². The van der Waals surface area contributed by atoms with E-state index in [1.54, 1.807) is 17.0 Å². The number of alkyl halides is 3. The molecule has 1 heterocycles. The van der Waals surface area contributed by atoms with Crippen molar-refractivity contribution >= 4 is 6.03 Å². The van der Waals surface area contributed by atoms with Crippen LogP contribution in [0.1, 0.15) is 25.3 Å². The van der Waals surface area contributed by atoms with Gasteiger partial charge in [-0.1, -0.05) is 12.1 Å². The number of nitrogens with one attached hydrogen (secondary N) is 1.